The SMILES string of the molecule is CCOC(=O)c1sc(Nc2nc(N3CCNC(=O)C3)c3c(n2)N(Cc2ccccn2)C(=O)C3)nc1C. The van der Waals surface area contributed by atoms with Crippen molar-refractivity contribution >= 4 is 51.8 Å². The Morgan fingerprint density at radius 3 is 2.81 bits per heavy atom. The van der Waals surface area contributed by atoms with E-state index in [1.807, 2.05) is 23.1 Å². The Balaban J connectivity index is 1.52. The molecule has 1 fully saturated rings. The van der Waals surface area contributed by atoms with E-state index < -0.39 is 5.97 Å². The number of anilines is 4. The van der Waals surface area contributed by atoms with Crippen LogP contribution in [0.2, 0.25) is 0 Å². The van der Waals surface area contributed by atoms with Gasteiger partial charge in [0.15, 0.2) is 5.13 Å². The predicted molar refractivity (Wildman–Crippen MR) is 132 cm³/mol. The Labute approximate surface area is 210 Å². The lowest BCUT2D eigenvalue weighted by molar-refractivity contribution is -0.120. The summed E-state index contributed by atoms with van der Waals surface area (Å²) in [7, 11) is 0. The topological polar surface area (TPSA) is 143 Å². The summed E-state index contributed by atoms with van der Waals surface area (Å²) in [6, 6.07) is 5.52. The maximum Gasteiger partial charge on any atom is 0.350 e. The summed E-state index contributed by atoms with van der Waals surface area (Å²) < 4.78 is 5.10. The second-order valence-electron chi connectivity index (χ2n) is 8.20. The summed E-state index contributed by atoms with van der Waals surface area (Å²) in [4.78, 5) is 59.3. The molecule has 5 heterocycles. The lowest BCUT2D eigenvalue weighted by Gasteiger charge is -2.29. The molecule has 0 aromatic carbocycles. The number of rotatable bonds is 7. The molecule has 0 saturated carbocycles. The van der Waals surface area contributed by atoms with E-state index in [9.17, 15) is 14.4 Å². The highest BCUT2D eigenvalue weighted by Gasteiger charge is 2.35. The summed E-state index contributed by atoms with van der Waals surface area (Å²) in [5.74, 6) is 0.505. The molecule has 0 spiro atoms. The average molecular weight is 509 g/mol. The highest BCUT2D eigenvalue weighted by Crippen LogP contribution is 2.37. The second kappa shape index (κ2) is 9.85. The number of piperazine rings is 1. The van der Waals surface area contributed by atoms with Crippen LogP contribution in [0.4, 0.5) is 22.7 Å². The van der Waals surface area contributed by atoms with Crippen molar-refractivity contribution < 1.29 is 19.1 Å². The molecule has 0 atom stereocenters. The molecule has 2 aliphatic rings. The molecule has 2 aliphatic heterocycles. The van der Waals surface area contributed by atoms with Gasteiger partial charge in [0.2, 0.25) is 17.8 Å². The first-order chi connectivity index (χ1) is 17.4. The van der Waals surface area contributed by atoms with Gasteiger partial charge in [-0.2, -0.15) is 9.97 Å². The van der Waals surface area contributed by atoms with Crippen LogP contribution in [0.15, 0.2) is 24.4 Å². The van der Waals surface area contributed by atoms with Crippen LogP contribution in [-0.4, -0.2) is 64.0 Å². The number of aromatic nitrogens is 4. The van der Waals surface area contributed by atoms with Crippen molar-refractivity contribution in [3.05, 3.63) is 46.2 Å². The second-order valence-corrected chi connectivity index (χ2v) is 9.20. The lowest BCUT2D eigenvalue weighted by atomic mass is 10.2. The first kappa shape index (κ1) is 23.6. The number of thiazole rings is 1. The zero-order valence-electron chi connectivity index (χ0n) is 19.8. The zero-order valence-corrected chi connectivity index (χ0v) is 20.6. The standard InChI is InChI=1S/C23H24N8O4S/c1-3-35-21(34)18-13(2)26-23(36-18)29-22-27-19(30-9-8-25-16(32)12-30)15-10-17(33)31(20(15)28-22)11-14-6-4-5-7-24-14/h4-7H,3,8-12H2,1-2H3,(H,25,32)(H,26,27,28,29). The van der Waals surface area contributed by atoms with E-state index in [4.69, 9.17) is 4.74 Å². The van der Waals surface area contributed by atoms with Crippen LogP contribution in [0.5, 0.6) is 0 Å². The fourth-order valence-corrected chi connectivity index (χ4v) is 4.95. The van der Waals surface area contributed by atoms with Crippen molar-refractivity contribution in [1.82, 2.24) is 25.3 Å². The third-order valence-electron chi connectivity index (χ3n) is 5.71. The third kappa shape index (κ3) is 4.69. The maximum atomic E-state index is 13.0. The molecular formula is C23H24N8O4S. The minimum atomic E-state index is -0.442. The van der Waals surface area contributed by atoms with E-state index in [0.29, 0.717) is 46.0 Å². The molecule has 5 rings (SSSR count). The number of esters is 1. The molecular weight excluding hydrogens is 484 g/mol. The minimum absolute atomic E-state index is 0.118. The molecule has 2 N–H and O–H groups in total. The molecule has 0 unspecified atom stereocenters. The lowest BCUT2D eigenvalue weighted by Crippen LogP contribution is -2.48. The van der Waals surface area contributed by atoms with Gasteiger partial charge in [0.05, 0.1) is 37.5 Å². The molecule has 36 heavy (non-hydrogen) atoms. The number of nitrogens with zero attached hydrogens (tertiary/aromatic N) is 6. The molecule has 186 valence electrons. The maximum absolute atomic E-state index is 13.0. The number of hydrogen-bond donors (Lipinski definition) is 2. The average Bonchev–Trinajstić information content (AvgIpc) is 3.38. The molecule has 3 aromatic heterocycles. The number of ether oxygens (including phenoxy) is 1. The van der Waals surface area contributed by atoms with Crippen LogP contribution < -0.4 is 20.4 Å². The van der Waals surface area contributed by atoms with Crippen LogP contribution >= 0.6 is 11.3 Å². The molecule has 0 bridgehead atoms. The molecule has 0 aliphatic carbocycles. The van der Waals surface area contributed by atoms with Gasteiger partial charge in [-0.05, 0) is 26.0 Å². The summed E-state index contributed by atoms with van der Waals surface area (Å²) in [5.41, 5.74) is 1.92. The fourth-order valence-electron chi connectivity index (χ4n) is 4.09. The Kier molecular flexibility index (Phi) is 6.46. The number of fused-ring (bicyclic) bond motifs is 1. The number of amides is 2. The molecule has 12 nitrogen and oxygen atoms in total. The van der Waals surface area contributed by atoms with E-state index in [0.717, 1.165) is 17.0 Å². The van der Waals surface area contributed by atoms with Crippen molar-refractivity contribution in [1.29, 1.82) is 0 Å². The van der Waals surface area contributed by atoms with Gasteiger partial charge in [-0.15, -0.1) is 0 Å². The van der Waals surface area contributed by atoms with E-state index in [1.165, 1.54) is 0 Å². The van der Waals surface area contributed by atoms with Gasteiger partial charge >= 0.3 is 5.97 Å². The quantitative estimate of drug-likeness (QED) is 0.452. The third-order valence-corrected chi connectivity index (χ3v) is 6.76. The summed E-state index contributed by atoms with van der Waals surface area (Å²) in [5, 5.41) is 6.30. The van der Waals surface area contributed by atoms with Crippen LogP contribution in [0, 0.1) is 6.92 Å². The summed E-state index contributed by atoms with van der Waals surface area (Å²) in [6.45, 7) is 5.13. The summed E-state index contributed by atoms with van der Waals surface area (Å²) >= 11 is 1.14. The first-order valence-corrected chi connectivity index (χ1v) is 12.3. The van der Waals surface area contributed by atoms with E-state index in [1.54, 1.807) is 24.9 Å². The van der Waals surface area contributed by atoms with Gasteiger partial charge in [-0.1, -0.05) is 17.4 Å². The van der Waals surface area contributed by atoms with Crippen LogP contribution in [0.25, 0.3) is 0 Å². The van der Waals surface area contributed by atoms with Crippen molar-refractivity contribution in [2.75, 3.05) is 41.4 Å². The Hall–Kier alpha value is -4.13. The van der Waals surface area contributed by atoms with Gasteiger partial charge in [-0.3, -0.25) is 24.8 Å². The van der Waals surface area contributed by atoms with Crippen molar-refractivity contribution in [2.24, 2.45) is 0 Å². The number of carbonyl (C=O) groups excluding carboxylic acids is 3. The smallest absolute Gasteiger partial charge is 0.350 e. The van der Waals surface area contributed by atoms with E-state index in [2.05, 4.69) is 30.6 Å². The largest absolute Gasteiger partial charge is 0.462 e. The molecule has 1 saturated heterocycles. The molecule has 3 aromatic rings. The number of aryl methyl sites for hydroxylation is 1. The Morgan fingerprint density at radius 2 is 2.06 bits per heavy atom. The van der Waals surface area contributed by atoms with Gasteiger partial charge < -0.3 is 15.0 Å². The van der Waals surface area contributed by atoms with Gasteiger partial charge in [0.1, 0.15) is 16.5 Å². The normalized spacial score (nSPS) is 15.1. The molecule has 2 amide bonds. The monoisotopic (exact) mass is 508 g/mol. The Morgan fingerprint density at radius 1 is 1.22 bits per heavy atom. The van der Waals surface area contributed by atoms with Crippen LogP contribution in [0.1, 0.15) is 33.5 Å². The van der Waals surface area contributed by atoms with Crippen LogP contribution in [0.3, 0.4) is 0 Å². The summed E-state index contributed by atoms with van der Waals surface area (Å²) in [6.07, 6.45) is 1.80. The van der Waals surface area contributed by atoms with Gasteiger partial charge in [-0.25, -0.2) is 9.78 Å². The van der Waals surface area contributed by atoms with Gasteiger partial charge in [0.25, 0.3) is 0 Å². The molecule has 0 radical (unpaired) electrons. The van der Waals surface area contributed by atoms with Crippen LogP contribution in [-0.2, 0) is 27.3 Å². The minimum Gasteiger partial charge on any atom is -0.462 e. The number of nitrogens with one attached hydrogen (secondary N) is 2. The Bertz CT molecular complexity index is 1330. The fraction of sp³-hybridized carbons (Fsp3) is 0.348. The number of hydrogen-bond acceptors (Lipinski definition) is 11. The van der Waals surface area contributed by atoms with Crippen molar-refractivity contribution in [3.8, 4) is 0 Å². The predicted octanol–water partition coefficient (Wildman–Crippen LogP) is 1.58. The van der Waals surface area contributed by atoms with E-state index >= 15 is 0 Å². The van der Waals surface area contributed by atoms with E-state index in [-0.39, 0.29) is 43.9 Å². The number of carbonyl (C=O) groups is 3. The van der Waals surface area contributed by atoms with Gasteiger partial charge in [0, 0.05) is 24.8 Å². The highest BCUT2D eigenvalue weighted by atomic mass is 32.1. The van der Waals surface area contributed by atoms with Crippen molar-refractivity contribution in [2.45, 2.75) is 26.8 Å². The first-order valence-electron chi connectivity index (χ1n) is 11.5. The molecule has 13 heteroatoms. The zero-order chi connectivity index (χ0) is 25.2. The van der Waals surface area contributed by atoms with Crippen molar-refractivity contribution in [3.63, 3.8) is 0 Å². The number of pyridine rings is 1. The highest BCUT2D eigenvalue weighted by molar-refractivity contribution is 7.17.